The fraction of sp³-hybridized carbons (Fsp3) is 0. The molecule has 0 N–H and O–H groups in total. The van der Waals surface area contributed by atoms with Gasteiger partial charge >= 0.3 is 0 Å². The van der Waals surface area contributed by atoms with Gasteiger partial charge in [-0.1, -0.05) is 139 Å². The molecule has 9 rings (SSSR count). The van der Waals surface area contributed by atoms with Gasteiger partial charge in [0.15, 0.2) is 0 Å². The highest BCUT2D eigenvalue weighted by molar-refractivity contribution is 6.10. The molecule has 0 aliphatic carbocycles. The lowest BCUT2D eigenvalue weighted by molar-refractivity contribution is 1.18. The predicted molar refractivity (Wildman–Crippen MR) is 212 cm³/mol. The van der Waals surface area contributed by atoms with E-state index in [0.717, 1.165) is 61.1 Å². The number of rotatable bonds is 7. The second-order valence-corrected chi connectivity index (χ2v) is 12.3. The van der Waals surface area contributed by atoms with E-state index in [1.165, 1.54) is 0 Å². The lowest BCUT2D eigenvalue weighted by atomic mass is 10.0. The molecule has 236 valence electrons. The van der Waals surface area contributed by atoms with Crippen molar-refractivity contribution in [3.8, 4) is 39.1 Å². The molecule has 0 atom stereocenters. The normalized spacial score (nSPS) is 12.3. The van der Waals surface area contributed by atoms with Gasteiger partial charge in [-0.25, -0.2) is 0 Å². The first-order valence-electron chi connectivity index (χ1n) is 18.8. The van der Waals surface area contributed by atoms with E-state index in [-0.39, 0.29) is 35.4 Å². The van der Waals surface area contributed by atoms with Crippen LogP contribution in [0.15, 0.2) is 206 Å². The number of para-hydroxylation sites is 2. The van der Waals surface area contributed by atoms with Gasteiger partial charge in [-0.15, -0.1) is 0 Å². The molecule has 0 saturated heterocycles. The van der Waals surface area contributed by atoms with Crippen molar-refractivity contribution in [1.82, 2.24) is 4.57 Å². The average molecular weight is 643 g/mol. The zero-order valence-corrected chi connectivity index (χ0v) is 27.2. The van der Waals surface area contributed by atoms with Crippen LogP contribution in [-0.2, 0) is 0 Å². The lowest BCUT2D eigenvalue weighted by Gasteiger charge is -2.26. The molecule has 2 heteroatoms. The monoisotopic (exact) mass is 642 g/mol. The van der Waals surface area contributed by atoms with Gasteiger partial charge in [0.05, 0.1) is 16.5 Å². The molecule has 1 heterocycles. The van der Waals surface area contributed by atoms with Crippen LogP contribution in [0.2, 0.25) is 0 Å². The van der Waals surface area contributed by atoms with Crippen LogP contribution >= 0.6 is 0 Å². The largest absolute Gasteiger partial charge is 0.310 e. The summed E-state index contributed by atoms with van der Waals surface area (Å²) in [6.45, 7) is 0. The van der Waals surface area contributed by atoms with Crippen LogP contribution in [0.25, 0.3) is 60.9 Å². The number of fused-ring (bicyclic) bond motifs is 3. The Labute approximate surface area is 298 Å². The van der Waals surface area contributed by atoms with Crippen LogP contribution in [0.1, 0.15) is 5.48 Å². The van der Waals surface area contributed by atoms with Gasteiger partial charge < -0.3 is 9.47 Å². The Kier molecular flexibility index (Phi) is 6.48. The minimum absolute atomic E-state index is 0.0838. The van der Waals surface area contributed by atoms with E-state index in [0.29, 0.717) is 5.56 Å². The molecule has 9 aromatic rings. The average Bonchev–Trinajstić information content (AvgIpc) is 3.57. The number of nitrogens with zero attached hydrogens (tertiary/aromatic N) is 2. The summed E-state index contributed by atoms with van der Waals surface area (Å²) in [5.41, 5.74) is 10.0. The van der Waals surface area contributed by atoms with Crippen molar-refractivity contribution in [1.29, 1.82) is 0 Å². The quantitative estimate of drug-likeness (QED) is 0.168. The standard InChI is InChI=1S/C48H34N2/c1-4-13-35(14-5-1)37-23-28-42(29-24-37)49(43-30-25-38(26-31-43)36-15-6-2-7-16-36)44-20-12-17-39(33-44)40-27-32-48-46(34-40)45-21-10-11-22-47(45)50(48)41-18-8-3-9-19-41/h1-34H/i23D,24D,28D,29D. The van der Waals surface area contributed by atoms with Crippen molar-refractivity contribution in [3.63, 3.8) is 0 Å². The summed E-state index contributed by atoms with van der Waals surface area (Å²) >= 11 is 0. The molecule has 50 heavy (non-hydrogen) atoms. The highest BCUT2D eigenvalue weighted by Gasteiger charge is 2.16. The third-order valence-corrected chi connectivity index (χ3v) is 9.26. The molecule has 0 unspecified atom stereocenters. The maximum Gasteiger partial charge on any atom is 0.0645 e. The van der Waals surface area contributed by atoms with Gasteiger partial charge in [0.25, 0.3) is 0 Å². The third kappa shape index (κ3) is 5.43. The summed E-state index contributed by atoms with van der Waals surface area (Å²) in [5.74, 6) is 0. The second kappa shape index (κ2) is 12.8. The molecule has 0 bridgehead atoms. The molecule has 2 nitrogen and oxygen atoms in total. The molecular weight excluding hydrogens is 605 g/mol. The third-order valence-electron chi connectivity index (χ3n) is 9.26. The van der Waals surface area contributed by atoms with Crippen molar-refractivity contribution in [3.05, 3.63) is 206 Å². The molecule has 0 amide bonds. The van der Waals surface area contributed by atoms with Crippen LogP contribution in [0.4, 0.5) is 17.1 Å². The van der Waals surface area contributed by atoms with Crippen molar-refractivity contribution in [2.45, 2.75) is 0 Å². The van der Waals surface area contributed by atoms with Gasteiger partial charge in [0.2, 0.25) is 0 Å². The van der Waals surface area contributed by atoms with E-state index < -0.39 is 0 Å². The van der Waals surface area contributed by atoms with Crippen molar-refractivity contribution < 1.29 is 5.48 Å². The minimum Gasteiger partial charge on any atom is -0.310 e. The van der Waals surface area contributed by atoms with Gasteiger partial charge in [0.1, 0.15) is 0 Å². The number of hydrogen-bond donors (Lipinski definition) is 0. The van der Waals surface area contributed by atoms with Gasteiger partial charge in [-0.2, -0.15) is 0 Å². The highest BCUT2D eigenvalue weighted by Crippen LogP contribution is 2.40. The first kappa shape index (κ1) is 25.4. The van der Waals surface area contributed by atoms with E-state index in [9.17, 15) is 2.74 Å². The van der Waals surface area contributed by atoms with Crippen LogP contribution < -0.4 is 4.90 Å². The fourth-order valence-corrected chi connectivity index (χ4v) is 6.84. The summed E-state index contributed by atoms with van der Waals surface area (Å²) in [4.78, 5) is 1.85. The summed E-state index contributed by atoms with van der Waals surface area (Å²) in [7, 11) is 0. The van der Waals surface area contributed by atoms with Crippen LogP contribution in [0.5, 0.6) is 0 Å². The summed E-state index contributed by atoms with van der Waals surface area (Å²) in [5, 5.41) is 2.30. The second-order valence-electron chi connectivity index (χ2n) is 12.3. The number of benzene rings is 8. The first-order valence-corrected chi connectivity index (χ1v) is 16.8. The number of anilines is 3. The lowest BCUT2D eigenvalue weighted by Crippen LogP contribution is -2.10. The Morgan fingerprint density at radius 3 is 1.60 bits per heavy atom. The molecule has 0 aliphatic rings. The molecule has 0 spiro atoms. The smallest absolute Gasteiger partial charge is 0.0645 e. The molecule has 0 aliphatic heterocycles. The summed E-state index contributed by atoms with van der Waals surface area (Å²) in [6, 6.07) is 60.5. The molecule has 0 saturated carbocycles. The molecule has 8 aromatic carbocycles. The number of aromatic nitrogens is 1. The Balaban J connectivity index is 1.22. The zero-order valence-electron chi connectivity index (χ0n) is 31.2. The molecular formula is C48H34N2. The van der Waals surface area contributed by atoms with Gasteiger partial charge in [-0.3, -0.25) is 0 Å². The Morgan fingerprint density at radius 1 is 0.340 bits per heavy atom. The summed E-state index contributed by atoms with van der Waals surface area (Å²) < 4.78 is 39.3. The predicted octanol–water partition coefficient (Wildman–Crippen LogP) is 13.3. The molecule has 0 radical (unpaired) electrons. The maximum atomic E-state index is 9.35. The fourth-order valence-electron chi connectivity index (χ4n) is 6.84. The Morgan fingerprint density at radius 2 is 0.880 bits per heavy atom. The van der Waals surface area contributed by atoms with Gasteiger partial charge in [-0.05, 0) is 100 Å². The van der Waals surface area contributed by atoms with Crippen LogP contribution in [0.3, 0.4) is 0 Å². The Hall–Kier alpha value is -6.64. The van der Waals surface area contributed by atoms with E-state index in [1.54, 1.807) is 0 Å². The van der Waals surface area contributed by atoms with E-state index in [2.05, 4.69) is 95.6 Å². The van der Waals surface area contributed by atoms with E-state index in [4.69, 9.17) is 2.74 Å². The van der Waals surface area contributed by atoms with E-state index in [1.807, 2.05) is 95.9 Å². The van der Waals surface area contributed by atoms with Crippen molar-refractivity contribution >= 4 is 38.9 Å². The SMILES string of the molecule is [2H]c1c([2H])c(N(c2ccc(-c3ccccc3)cc2)c2cccc(-c3ccc4c(c3)c3ccccc3n4-c3ccccc3)c2)c([2H])c([2H])c1-c1ccccc1. The molecule has 0 fully saturated rings. The van der Waals surface area contributed by atoms with Crippen LogP contribution in [0, 0.1) is 0 Å². The number of hydrogen-bond acceptors (Lipinski definition) is 1. The van der Waals surface area contributed by atoms with Crippen molar-refractivity contribution in [2.75, 3.05) is 4.90 Å². The first-order chi connectivity index (χ1) is 26.5. The summed E-state index contributed by atoms with van der Waals surface area (Å²) in [6.07, 6.45) is 0. The van der Waals surface area contributed by atoms with E-state index >= 15 is 0 Å². The topological polar surface area (TPSA) is 8.17 Å². The van der Waals surface area contributed by atoms with Gasteiger partial charge in [0, 0.05) is 33.5 Å². The minimum atomic E-state index is -0.109. The molecule has 1 aromatic heterocycles. The van der Waals surface area contributed by atoms with Crippen LogP contribution in [-0.4, -0.2) is 4.57 Å². The van der Waals surface area contributed by atoms with Crippen molar-refractivity contribution in [2.24, 2.45) is 0 Å². The Bertz CT molecular complexity index is 2770. The zero-order chi connectivity index (χ0) is 36.8. The maximum absolute atomic E-state index is 9.35. The highest BCUT2D eigenvalue weighted by atomic mass is 15.1.